The molecule has 2 aliphatic rings. The number of nitrogens with one attached hydrogen (secondary N) is 1. The molecule has 3 heteroatoms. The lowest BCUT2D eigenvalue weighted by atomic mass is 9.84. The Balaban J connectivity index is 1.90. The first-order chi connectivity index (χ1) is 8.20. The summed E-state index contributed by atoms with van der Waals surface area (Å²) in [5.74, 6) is 1.18. The van der Waals surface area contributed by atoms with Gasteiger partial charge in [0.25, 0.3) is 0 Å². The van der Waals surface area contributed by atoms with Gasteiger partial charge in [0, 0.05) is 12.3 Å². The van der Waals surface area contributed by atoms with Crippen molar-refractivity contribution in [2.75, 3.05) is 0 Å². The van der Waals surface area contributed by atoms with E-state index in [0.29, 0.717) is 12.3 Å². The van der Waals surface area contributed by atoms with Crippen molar-refractivity contribution in [2.24, 2.45) is 17.8 Å². The first-order valence-electron chi connectivity index (χ1n) is 7.04. The summed E-state index contributed by atoms with van der Waals surface area (Å²) < 4.78 is 0. The summed E-state index contributed by atoms with van der Waals surface area (Å²) >= 11 is 0. The smallest absolute Gasteiger partial charge is 0.230 e. The number of rotatable bonds is 3. The number of carbonyl (C=O) groups excluding carboxylic acids is 2. The standard InChI is InChI=1S/C14H23NO2/c1-2-4-10-5-3-6-11(8-7-10)12-9-13(16)15-14(12)17/h10-12H,2-9H2,1H3,(H,15,16,17). The molecule has 3 unspecified atom stereocenters. The molecule has 3 nitrogen and oxygen atoms in total. The molecule has 1 saturated carbocycles. The van der Waals surface area contributed by atoms with Crippen LogP contribution in [0.25, 0.3) is 0 Å². The summed E-state index contributed by atoms with van der Waals surface area (Å²) in [5, 5.41) is 2.44. The van der Waals surface area contributed by atoms with Crippen molar-refractivity contribution in [3.05, 3.63) is 0 Å². The monoisotopic (exact) mass is 237 g/mol. The lowest BCUT2D eigenvalue weighted by Gasteiger charge is -2.18. The minimum absolute atomic E-state index is 0.0195. The van der Waals surface area contributed by atoms with E-state index in [2.05, 4.69) is 12.2 Å². The van der Waals surface area contributed by atoms with Crippen molar-refractivity contribution in [3.8, 4) is 0 Å². The number of imide groups is 1. The predicted molar refractivity (Wildman–Crippen MR) is 66.2 cm³/mol. The van der Waals surface area contributed by atoms with Crippen molar-refractivity contribution in [1.82, 2.24) is 5.32 Å². The molecule has 1 N–H and O–H groups in total. The third-order valence-corrected chi connectivity index (χ3v) is 4.40. The molecule has 2 fully saturated rings. The van der Waals surface area contributed by atoms with Gasteiger partial charge in [-0.15, -0.1) is 0 Å². The van der Waals surface area contributed by atoms with Crippen LogP contribution in [-0.4, -0.2) is 11.8 Å². The molecule has 0 aromatic heterocycles. The Hall–Kier alpha value is -0.860. The summed E-state index contributed by atoms with van der Waals surface area (Å²) in [5.41, 5.74) is 0. The zero-order valence-corrected chi connectivity index (χ0v) is 10.7. The second kappa shape index (κ2) is 5.65. The molecule has 0 aromatic rings. The van der Waals surface area contributed by atoms with Gasteiger partial charge in [-0.2, -0.15) is 0 Å². The van der Waals surface area contributed by atoms with E-state index in [-0.39, 0.29) is 17.7 Å². The summed E-state index contributed by atoms with van der Waals surface area (Å²) in [6.45, 7) is 2.24. The maximum Gasteiger partial charge on any atom is 0.230 e. The maximum absolute atomic E-state index is 11.7. The molecule has 1 aliphatic carbocycles. The van der Waals surface area contributed by atoms with Crippen LogP contribution in [0.2, 0.25) is 0 Å². The quantitative estimate of drug-likeness (QED) is 0.606. The Morgan fingerprint density at radius 1 is 1.18 bits per heavy atom. The Kier molecular flexibility index (Phi) is 4.19. The van der Waals surface area contributed by atoms with Crippen LogP contribution in [0.4, 0.5) is 0 Å². The van der Waals surface area contributed by atoms with Gasteiger partial charge >= 0.3 is 0 Å². The lowest BCUT2D eigenvalue weighted by molar-refractivity contribution is -0.126. The highest BCUT2D eigenvalue weighted by Crippen LogP contribution is 2.36. The fourth-order valence-electron chi connectivity index (χ4n) is 3.46. The molecule has 0 spiro atoms. The second-order valence-corrected chi connectivity index (χ2v) is 5.65. The van der Waals surface area contributed by atoms with Crippen LogP contribution in [0.3, 0.4) is 0 Å². The number of hydrogen-bond donors (Lipinski definition) is 1. The fourth-order valence-corrected chi connectivity index (χ4v) is 3.46. The van der Waals surface area contributed by atoms with Gasteiger partial charge < -0.3 is 0 Å². The summed E-state index contributed by atoms with van der Waals surface area (Å²) in [4.78, 5) is 22.9. The van der Waals surface area contributed by atoms with Crippen molar-refractivity contribution in [1.29, 1.82) is 0 Å². The Labute approximate surface area is 103 Å². The van der Waals surface area contributed by atoms with Gasteiger partial charge in [0.2, 0.25) is 11.8 Å². The van der Waals surface area contributed by atoms with E-state index in [9.17, 15) is 9.59 Å². The van der Waals surface area contributed by atoms with Crippen molar-refractivity contribution < 1.29 is 9.59 Å². The van der Waals surface area contributed by atoms with E-state index in [1.807, 2.05) is 0 Å². The van der Waals surface area contributed by atoms with Crippen LogP contribution < -0.4 is 5.32 Å². The van der Waals surface area contributed by atoms with Crippen LogP contribution in [0, 0.1) is 17.8 Å². The molecular formula is C14H23NO2. The first-order valence-corrected chi connectivity index (χ1v) is 7.04. The van der Waals surface area contributed by atoms with Crippen LogP contribution in [0.15, 0.2) is 0 Å². The molecule has 96 valence electrons. The van der Waals surface area contributed by atoms with Crippen LogP contribution in [0.5, 0.6) is 0 Å². The molecule has 1 saturated heterocycles. The highest BCUT2D eigenvalue weighted by Gasteiger charge is 2.37. The molecule has 17 heavy (non-hydrogen) atoms. The first kappa shape index (κ1) is 12.6. The highest BCUT2D eigenvalue weighted by molar-refractivity contribution is 6.03. The average Bonchev–Trinajstić information content (AvgIpc) is 2.52. The molecule has 0 bridgehead atoms. The summed E-state index contributed by atoms with van der Waals surface area (Å²) in [6, 6.07) is 0. The van der Waals surface area contributed by atoms with Crippen molar-refractivity contribution >= 4 is 11.8 Å². The Morgan fingerprint density at radius 2 is 2.00 bits per heavy atom. The zero-order valence-electron chi connectivity index (χ0n) is 10.7. The predicted octanol–water partition coefficient (Wildman–Crippen LogP) is 2.65. The molecule has 1 heterocycles. The maximum atomic E-state index is 11.7. The Morgan fingerprint density at radius 3 is 2.65 bits per heavy atom. The minimum Gasteiger partial charge on any atom is -0.296 e. The Bertz CT molecular complexity index is 301. The minimum atomic E-state index is -0.0747. The van der Waals surface area contributed by atoms with Crippen molar-refractivity contribution in [2.45, 2.75) is 58.3 Å². The van der Waals surface area contributed by atoms with Gasteiger partial charge in [-0.25, -0.2) is 0 Å². The molecule has 1 aliphatic heterocycles. The van der Waals surface area contributed by atoms with E-state index >= 15 is 0 Å². The lowest BCUT2D eigenvalue weighted by Crippen LogP contribution is -2.26. The van der Waals surface area contributed by atoms with E-state index < -0.39 is 0 Å². The van der Waals surface area contributed by atoms with E-state index in [4.69, 9.17) is 0 Å². The van der Waals surface area contributed by atoms with Gasteiger partial charge in [0.1, 0.15) is 0 Å². The third kappa shape index (κ3) is 3.08. The average molecular weight is 237 g/mol. The molecule has 3 atom stereocenters. The number of amides is 2. The van der Waals surface area contributed by atoms with Crippen LogP contribution >= 0.6 is 0 Å². The van der Waals surface area contributed by atoms with E-state index in [0.717, 1.165) is 18.8 Å². The SMILES string of the molecule is CCCC1CCCC(C2CC(=O)NC2=O)CC1. The normalized spacial score (nSPS) is 34.5. The molecule has 0 radical (unpaired) electrons. The van der Waals surface area contributed by atoms with Crippen LogP contribution in [-0.2, 0) is 9.59 Å². The van der Waals surface area contributed by atoms with Gasteiger partial charge in [0.15, 0.2) is 0 Å². The molecular weight excluding hydrogens is 214 g/mol. The largest absolute Gasteiger partial charge is 0.296 e. The van der Waals surface area contributed by atoms with E-state index in [1.165, 1.54) is 32.1 Å². The molecule has 2 rings (SSSR count). The fraction of sp³-hybridized carbons (Fsp3) is 0.857. The van der Waals surface area contributed by atoms with E-state index in [1.54, 1.807) is 0 Å². The van der Waals surface area contributed by atoms with Gasteiger partial charge in [-0.1, -0.05) is 39.0 Å². The summed E-state index contributed by atoms with van der Waals surface area (Å²) in [7, 11) is 0. The van der Waals surface area contributed by atoms with Crippen molar-refractivity contribution in [3.63, 3.8) is 0 Å². The van der Waals surface area contributed by atoms with Crippen LogP contribution in [0.1, 0.15) is 58.3 Å². The number of carbonyl (C=O) groups is 2. The molecule has 2 amide bonds. The van der Waals surface area contributed by atoms with Gasteiger partial charge in [-0.05, 0) is 24.7 Å². The summed E-state index contributed by atoms with van der Waals surface area (Å²) in [6.07, 6.45) is 9.07. The second-order valence-electron chi connectivity index (χ2n) is 5.65. The number of hydrogen-bond acceptors (Lipinski definition) is 2. The third-order valence-electron chi connectivity index (χ3n) is 4.40. The van der Waals surface area contributed by atoms with Gasteiger partial charge in [-0.3, -0.25) is 14.9 Å². The zero-order chi connectivity index (χ0) is 12.3. The molecule has 0 aromatic carbocycles. The highest BCUT2D eigenvalue weighted by atomic mass is 16.2. The topological polar surface area (TPSA) is 46.2 Å². The van der Waals surface area contributed by atoms with Gasteiger partial charge in [0.05, 0.1) is 0 Å².